The zero-order chi connectivity index (χ0) is 25.6. The van der Waals surface area contributed by atoms with Gasteiger partial charge in [-0.1, -0.05) is 61.9 Å². The van der Waals surface area contributed by atoms with E-state index in [-0.39, 0.29) is 5.60 Å². The molecule has 6 nitrogen and oxygen atoms in total. The van der Waals surface area contributed by atoms with Gasteiger partial charge in [0.2, 0.25) is 5.88 Å². The maximum Gasteiger partial charge on any atom is 0.222 e. The zero-order valence-electron chi connectivity index (χ0n) is 22.3. The van der Waals surface area contributed by atoms with Crippen molar-refractivity contribution in [1.29, 1.82) is 0 Å². The number of aryl methyl sites for hydroxylation is 2. The maximum absolute atomic E-state index is 10.8. The number of hydrogen-bond donors (Lipinski definition) is 1. The van der Waals surface area contributed by atoms with Gasteiger partial charge in [0.25, 0.3) is 0 Å². The Balaban J connectivity index is 1.94. The van der Waals surface area contributed by atoms with Crippen molar-refractivity contribution in [2.75, 3.05) is 19.7 Å². The van der Waals surface area contributed by atoms with Gasteiger partial charge in [-0.2, -0.15) is 5.10 Å². The molecule has 0 saturated heterocycles. The Labute approximate surface area is 210 Å². The molecule has 1 aromatic heterocycles. The molecule has 1 heterocycles. The van der Waals surface area contributed by atoms with Gasteiger partial charge < -0.3 is 14.6 Å². The fraction of sp³-hybridized carbons (Fsp3) is 0.483. The molecule has 1 atom stereocenters. The number of aromatic nitrogens is 2. The summed E-state index contributed by atoms with van der Waals surface area (Å²) in [5.41, 5.74) is 3.83. The summed E-state index contributed by atoms with van der Waals surface area (Å²) in [6, 6.07) is 18.2. The van der Waals surface area contributed by atoms with E-state index in [0.717, 1.165) is 29.1 Å². The van der Waals surface area contributed by atoms with E-state index in [0.29, 0.717) is 31.5 Å². The first kappa shape index (κ1) is 26.9. The van der Waals surface area contributed by atoms with Crippen molar-refractivity contribution in [1.82, 2.24) is 14.7 Å². The van der Waals surface area contributed by atoms with E-state index in [1.807, 2.05) is 75.0 Å². The summed E-state index contributed by atoms with van der Waals surface area (Å²) in [4.78, 5) is 2.27. The summed E-state index contributed by atoms with van der Waals surface area (Å²) in [7, 11) is 1.91. The first-order chi connectivity index (χ1) is 16.5. The molecule has 0 fully saturated rings. The highest BCUT2D eigenvalue weighted by Gasteiger charge is 2.24. The molecule has 0 radical (unpaired) electrons. The standard InChI is InChI=1S/C29H41N3O3/c1-21(2)17-32(18-24(33)20-34-29(4,5)6)19-26-27(23-11-9-8-10-12-23)30-31(7)28(26)35-25-15-13-22(3)14-16-25/h8-16,21,24,33H,17-20H2,1-7H3/t24-/m0/s1. The van der Waals surface area contributed by atoms with E-state index in [2.05, 4.69) is 37.8 Å². The second-order valence-electron chi connectivity index (χ2n) is 10.7. The largest absolute Gasteiger partial charge is 0.439 e. The third-order valence-corrected chi connectivity index (χ3v) is 5.55. The van der Waals surface area contributed by atoms with E-state index < -0.39 is 6.10 Å². The lowest BCUT2D eigenvalue weighted by Crippen LogP contribution is -2.38. The van der Waals surface area contributed by atoms with E-state index in [1.54, 1.807) is 0 Å². The highest BCUT2D eigenvalue weighted by atomic mass is 16.5. The number of benzene rings is 2. The van der Waals surface area contributed by atoms with Gasteiger partial charge in [0, 0.05) is 32.2 Å². The molecule has 2 aromatic carbocycles. The third kappa shape index (κ3) is 8.20. The SMILES string of the molecule is Cc1ccc(Oc2c(CN(CC(C)C)C[C@H](O)COC(C)(C)C)c(-c3ccccc3)nn2C)cc1. The van der Waals surface area contributed by atoms with Crippen LogP contribution in [0.25, 0.3) is 11.3 Å². The monoisotopic (exact) mass is 479 g/mol. The molecule has 0 bridgehead atoms. The van der Waals surface area contributed by atoms with Gasteiger partial charge in [0.1, 0.15) is 11.4 Å². The lowest BCUT2D eigenvalue weighted by atomic mass is 10.1. The molecule has 0 spiro atoms. The summed E-state index contributed by atoms with van der Waals surface area (Å²) in [6.07, 6.45) is -0.591. The molecule has 190 valence electrons. The smallest absolute Gasteiger partial charge is 0.222 e. The minimum absolute atomic E-state index is 0.289. The second-order valence-corrected chi connectivity index (χ2v) is 10.7. The Kier molecular flexibility index (Phi) is 9.11. The average Bonchev–Trinajstić information content (AvgIpc) is 3.08. The third-order valence-electron chi connectivity index (χ3n) is 5.55. The lowest BCUT2D eigenvalue weighted by Gasteiger charge is -2.28. The zero-order valence-corrected chi connectivity index (χ0v) is 22.3. The fourth-order valence-electron chi connectivity index (χ4n) is 4.01. The normalized spacial score (nSPS) is 13.0. The Morgan fingerprint density at radius 3 is 2.26 bits per heavy atom. The molecule has 0 amide bonds. The molecule has 0 aliphatic heterocycles. The highest BCUT2D eigenvalue weighted by molar-refractivity contribution is 5.65. The Hall–Kier alpha value is -2.67. The van der Waals surface area contributed by atoms with Gasteiger partial charge in [-0.3, -0.25) is 4.90 Å². The number of hydrogen-bond acceptors (Lipinski definition) is 5. The summed E-state index contributed by atoms with van der Waals surface area (Å²) in [5, 5.41) is 15.6. The lowest BCUT2D eigenvalue weighted by molar-refractivity contribution is -0.0573. The van der Waals surface area contributed by atoms with Crippen LogP contribution in [-0.2, 0) is 18.3 Å². The predicted octanol–water partition coefficient (Wildman–Crippen LogP) is 5.82. The number of ether oxygens (including phenoxy) is 2. The van der Waals surface area contributed by atoms with Crippen LogP contribution in [0.1, 0.15) is 45.7 Å². The average molecular weight is 480 g/mol. The Morgan fingerprint density at radius 1 is 1.00 bits per heavy atom. The quantitative estimate of drug-likeness (QED) is 0.375. The molecule has 0 unspecified atom stereocenters. The molecule has 3 rings (SSSR count). The van der Waals surface area contributed by atoms with Crippen LogP contribution in [0.3, 0.4) is 0 Å². The van der Waals surface area contributed by atoms with E-state index in [1.165, 1.54) is 5.56 Å². The number of aliphatic hydroxyl groups excluding tert-OH is 1. The minimum atomic E-state index is -0.591. The van der Waals surface area contributed by atoms with Crippen LogP contribution in [0.15, 0.2) is 54.6 Å². The van der Waals surface area contributed by atoms with Gasteiger partial charge in [0.15, 0.2) is 0 Å². The van der Waals surface area contributed by atoms with Crippen LogP contribution in [-0.4, -0.2) is 51.2 Å². The van der Waals surface area contributed by atoms with Crippen molar-refractivity contribution >= 4 is 0 Å². The summed E-state index contributed by atoms with van der Waals surface area (Å²) < 4.78 is 14.0. The van der Waals surface area contributed by atoms with Crippen molar-refractivity contribution in [2.45, 2.75) is 59.8 Å². The summed E-state index contributed by atoms with van der Waals surface area (Å²) in [5.74, 6) is 1.92. The van der Waals surface area contributed by atoms with Crippen LogP contribution in [0.4, 0.5) is 0 Å². The van der Waals surface area contributed by atoms with Crippen molar-refractivity contribution in [2.24, 2.45) is 13.0 Å². The Morgan fingerprint density at radius 2 is 1.66 bits per heavy atom. The molecule has 6 heteroatoms. The Bertz CT molecular complexity index is 1050. The first-order valence-electron chi connectivity index (χ1n) is 12.4. The highest BCUT2D eigenvalue weighted by Crippen LogP contribution is 2.34. The van der Waals surface area contributed by atoms with Crippen LogP contribution in [0.2, 0.25) is 0 Å². The summed E-state index contributed by atoms with van der Waals surface area (Å²) >= 11 is 0. The molecule has 1 N–H and O–H groups in total. The molecule has 0 aliphatic carbocycles. The van der Waals surface area contributed by atoms with Gasteiger partial charge in [-0.25, -0.2) is 4.68 Å². The van der Waals surface area contributed by atoms with Gasteiger partial charge in [-0.05, 0) is 45.7 Å². The van der Waals surface area contributed by atoms with Crippen LogP contribution >= 0.6 is 0 Å². The van der Waals surface area contributed by atoms with E-state index in [4.69, 9.17) is 14.6 Å². The number of rotatable bonds is 11. The predicted molar refractivity (Wildman–Crippen MR) is 142 cm³/mol. The number of aliphatic hydroxyl groups is 1. The van der Waals surface area contributed by atoms with Crippen molar-refractivity contribution in [3.8, 4) is 22.9 Å². The van der Waals surface area contributed by atoms with E-state index in [9.17, 15) is 5.11 Å². The van der Waals surface area contributed by atoms with Gasteiger partial charge in [0.05, 0.1) is 23.9 Å². The van der Waals surface area contributed by atoms with Crippen molar-refractivity contribution < 1.29 is 14.6 Å². The fourth-order valence-corrected chi connectivity index (χ4v) is 4.01. The molecule has 3 aromatic rings. The molecular formula is C29H41N3O3. The summed E-state index contributed by atoms with van der Waals surface area (Å²) in [6.45, 7) is 14.7. The maximum atomic E-state index is 10.8. The van der Waals surface area contributed by atoms with Gasteiger partial charge >= 0.3 is 0 Å². The minimum Gasteiger partial charge on any atom is -0.439 e. The van der Waals surface area contributed by atoms with Gasteiger partial charge in [-0.15, -0.1) is 0 Å². The van der Waals surface area contributed by atoms with Crippen LogP contribution < -0.4 is 4.74 Å². The first-order valence-corrected chi connectivity index (χ1v) is 12.4. The molecule has 35 heavy (non-hydrogen) atoms. The topological polar surface area (TPSA) is 59.8 Å². The van der Waals surface area contributed by atoms with Crippen molar-refractivity contribution in [3.05, 3.63) is 65.7 Å². The number of nitrogens with zero attached hydrogens (tertiary/aromatic N) is 3. The van der Waals surface area contributed by atoms with E-state index >= 15 is 0 Å². The van der Waals surface area contributed by atoms with Crippen LogP contribution in [0, 0.1) is 12.8 Å². The molecular weight excluding hydrogens is 438 g/mol. The molecule has 0 aliphatic rings. The second kappa shape index (κ2) is 11.8. The van der Waals surface area contributed by atoms with Crippen LogP contribution in [0.5, 0.6) is 11.6 Å². The molecule has 0 saturated carbocycles. The van der Waals surface area contributed by atoms with Crippen molar-refractivity contribution in [3.63, 3.8) is 0 Å².